The number of ether oxygens (including phenoxy) is 1. The van der Waals surface area contributed by atoms with E-state index in [1.54, 1.807) is 23.6 Å². The average molecular weight is 402 g/mol. The van der Waals surface area contributed by atoms with E-state index >= 15 is 0 Å². The van der Waals surface area contributed by atoms with Crippen molar-refractivity contribution in [3.8, 4) is 0 Å². The fourth-order valence-corrected chi connectivity index (χ4v) is 3.45. The molecule has 0 radical (unpaired) electrons. The van der Waals surface area contributed by atoms with Crippen LogP contribution in [0.25, 0.3) is 0 Å². The van der Waals surface area contributed by atoms with Crippen molar-refractivity contribution in [1.29, 1.82) is 0 Å². The largest absolute Gasteiger partial charge is 0.454 e. The van der Waals surface area contributed by atoms with Gasteiger partial charge in [0.1, 0.15) is 12.4 Å². The van der Waals surface area contributed by atoms with Crippen LogP contribution in [-0.4, -0.2) is 27.1 Å². The second-order valence-corrected chi connectivity index (χ2v) is 6.87. The van der Waals surface area contributed by atoms with Crippen LogP contribution in [0.2, 0.25) is 0 Å². The Hall–Kier alpha value is -3.07. The molecule has 2 heterocycles. The number of rotatable bonds is 7. The number of hydrogen-bond acceptors (Lipinski definition) is 6. The monoisotopic (exact) mass is 402 g/mol. The molecule has 0 aliphatic heterocycles. The molecular weight excluding hydrogens is 383 g/mol. The highest BCUT2D eigenvalue weighted by Crippen LogP contribution is 2.30. The first kappa shape index (κ1) is 19.7. The summed E-state index contributed by atoms with van der Waals surface area (Å²) in [4.78, 5) is 29.6. The number of carbonyl (C=O) groups is 2. The fourth-order valence-electron chi connectivity index (χ4n) is 2.58. The number of thiazole rings is 1. The van der Waals surface area contributed by atoms with Gasteiger partial charge in [0.05, 0.1) is 11.4 Å². The Balaban J connectivity index is 1.69. The summed E-state index contributed by atoms with van der Waals surface area (Å²) in [5, 5.41) is 8.70. The summed E-state index contributed by atoms with van der Waals surface area (Å²) < 4.78 is 19.3. The number of benzene rings is 1. The van der Waals surface area contributed by atoms with Gasteiger partial charge in [-0.1, -0.05) is 25.5 Å². The molecular formula is C19H19FN4O3S. The Morgan fingerprint density at radius 2 is 2.11 bits per heavy atom. The molecule has 0 aliphatic carbocycles. The number of aryl methyl sites for hydroxylation is 1. The number of aromatic amines is 1. The number of anilines is 2. The first-order valence-corrected chi connectivity index (χ1v) is 9.58. The molecule has 146 valence electrons. The van der Waals surface area contributed by atoms with E-state index in [9.17, 15) is 14.0 Å². The topological polar surface area (TPSA) is 88.2 Å². The molecule has 0 atom stereocenters. The molecule has 28 heavy (non-hydrogen) atoms. The highest BCUT2D eigenvalue weighted by atomic mass is 32.1. The van der Waals surface area contributed by atoms with Crippen LogP contribution < -0.4 is 4.90 Å². The summed E-state index contributed by atoms with van der Waals surface area (Å²) in [5.41, 5.74) is 1.65. The van der Waals surface area contributed by atoms with E-state index in [-0.39, 0.29) is 23.9 Å². The van der Waals surface area contributed by atoms with Crippen LogP contribution >= 0.6 is 11.3 Å². The third kappa shape index (κ3) is 4.42. The predicted octanol–water partition coefficient (Wildman–Crippen LogP) is 4.00. The van der Waals surface area contributed by atoms with Gasteiger partial charge in [-0.05, 0) is 24.6 Å². The van der Waals surface area contributed by atoms with Crippen molar-refractivity contribution in [2.24, 2.45) is 0 Å². The standard InChI is InChI=1S/C19H19FN4O3S/c1-3-6-13-9-16(23-22-13)18(26)27-10-14-11-28-19(21-14)24(12(2)25)17-8-5-4-7-15(17)20/h4-5,7-9,11H,3,6,10H2,1-2H3,(H,22,23). The van der Waals surface area contributed by atoms with Crippen molar-refractivity contribution in [2.45, 2.75) is 33.3 Å². The summed E-state index contributed by atoms with van der Waals surface area (Å²) in [6, 6.07) is 7.63. The zero-order valence-electron chi connectivity index (χ0n) is 15.4. The fraction of sp³-hybridized carbons (Fsp3) is 0.263. The minimum atomic E-state index is -0.564. The van der Waals surface area contributed by atoms with E-state index in [0.29, 0.717) is 10.8 Å². The summed E-state index contributed by atoms with van der Waals surface area (Å²) in [6.45, 7) is 3.29. The third-order valence-corrected chi connectivity index (χ3v) is 4.72. The lowest BCUT2D eigenvalue weighted by Gasteiger charge is -2.18. The van der Waals surface area contributed by atoms with Crippen molar-refractivity contribution < 1.29 is 18.7 Å². The number of para-hydroxylation sites is 1. The van der Waals surface area contributed by atoms with E-state index in [0.717, 1.165) is 29.9 Å². The van der Waals surface area contributed by atoms with E-state index < -0.39 is 11.8 Å². The number of hydrogen-bond donors (Lipinski definition) is 1. The molecule has 3 aromatic rings. The highest BCUT2D eigenvalue weighted by Gasteiger charge is 2.21. The van der Waals surface area contributed by atoms with E-state index in [1.807, 2.05) is 6.92 Å². The van der Waals surface area contributed by atoms with E-state index in [2.05, 4.69) is 15.2 Å². The number of aromatic nitrogens is 3. The minimum Gasteiger partial charge on any atom is -0.454 e. The van der Waals surface area contributed by atoms with Gasteiger partial charge < -0.3 is 4.74 Å². The van der Waals surface area contributed by atoms with Gasteiger partial charge >= 0.3 is 5.97 Å². The van der Waals surface area contributed by atoms with Crippen LogP contribution in [0.4, 0.5) is 15.2 Å². The molecule has 0 bridgehead atoms. The van der Waals surface area contributed by atoms with Crippen molar-refractivity contribution in [3.63, 3.8) is 0 Å². The Labute approximate surface area is 165 Å². The Bertz CT molecular complexity index is 985. The Kier molecular flexibility index (Phi) is 6.15. The molecule has 0 spiro atoms. The first-order valence-electron chi connectivity index (χ1n) is 8.70. The zero-order valence-corrected chi connectivity index (χ0v) is 16.3. The quantitative estimate of drug-likeness (QED) is 0.604. The first-order chi connectivity index (χ1) is 13.5. The van der Waals surface area contributed by atoms with Gasteiger partial charge in [-0.2, -0.15) is 5.10 Å². The van der Waals surface area contributed by atoms with Crippen LogP contribution in [-0.2, 0) is 22.6 Å². The SMILES string of the molecule is CCCc1cc(C(=O)OCc2csc(N(C(C)=O)c3ccccc3F)n2)n[nH]1. The summed E-state index contributed by atoms with van der Waals surface area (Å²) in [5.74, 6) is -1.46. The molecule has 0 unspecified atom stereocenters. The third-order valence-electron chi connectivity index (χ3n) is 3.85. The number of halogens is 1. The van der Waals surface area contributed by atoms with Crippen molar-refractivity contribution >= 4 is 34.0 Å². The molecule has 9 heteroatoms. The Morgan fingerprint density at radius 1 is 1.32 bits per heavy atom. The highest BCUT2D eigenvalue weighted by molar-refractivity contribution is 7.14. The molecule has 0 saturated carbocycles. The number of nitrogens with zero attached hydrogens (tertiary/aromatic N) is 3. The van der Waals surface area contributed by atoms with Crippen molar-refractivity contribution in [3.05, 3.63) is 58.6 Å². The Morgan fingerprint density at radius 3 is 2.82 bits per heavy atom. The maximum absolute atomic E-state index is 14.1. The van der Waals surface area contributed by atoms with Crippen LogP contribution in [0.15, 0.2) is 35.7 Å². The van der Waals surface area contributed by atoms with Gasteiger partial charge in [0.15, 0.2) is 10.8 Å². The minimum absolute atomic E-state index is 0.0751. The smallest absolute Gasteiger partial charge is 0.359 e. The lowest BCUT2D eigenvalue weighted by Crippen LogP contribution is -2.23. The summed E-state index contributed by atoms with van der Waals surface area (Å²) in [7, 11) is 0. The molecule has 1 N–H and O–H groups in total. The lowest BCUT2D eigenvalue weighted by atomic mass is 10.2. The molecule has 0 aliphatic rings. The molecule has 1 amide bonds. The van der Waals surface area contributed by atoms with E-state index in [1.165, 1.54) is 24.0 Å². The molecule has 1 aromatic carbocycles. The van der Waals surface area contributed by atoms with Crippen LogP contribution in [0.5, 0.6) is 0 Å². The van der Waals surface area contributed by atoms with Crippen LogP contribution in [0.3, 0.4) is 0 Å². The second kappa shape index (κ2) is 8.75. The molecule has 2 aromatic heterocycles. The maximum Gasteiger partial charge on any atom is 0.359 e. The molecule has 0 fully saturated rings. The van der Waals surface area contributed by atoms with Crippen LogP contribution in [0, 0.1) is 5.82 Å². The number of esters is 1. The number of H-pyrrole nitrogens is 1. The van der Waals surface area contributed by atoms with Crippen molar-refractivity contribution in [1.82, 2.24) is 15.2 Å². The van der Waals surface area contributed by atoms with Gasteiger partial charge in [-0.3, -0.25) is 14.8 Å². The zero-order chi connectivity index (χ0) is 20.1. The lowest BCUT2D eigenvalue weighted by molar-refractivity contribution is -0.115. The van der Waals surface area contributed by atoms with Crippen molar-refractivity contribution in [2.75, 3.05) is 4.90 Å². The number of amides is 1. The second-order valence-electron chi connectivity index (χ2n) is 6.03. The summed E-state index contributed by atoms with van der Waals surface area (Å²) in [6.07, 6.45) is 1.74. The molecule has 0 saturated heterocycles. The predicted molar refractivity (Wildman–Crippen MR) is 103 cm³/mol. The van der Waals surface area contributed by atoms with Gasteiger partial charge in [0.2, 0.25) is 5.91 Å². The van der Waals surface area contributed by atoms with Gasteiger partial charge in [-0.25, -0.2) is 14.2 Å². The molecule has 7 nitrogen and oxygen atoms in total. The average Bonchev–Trinajstić information content (AvgIpc) is 3.31. The molecule has 3 rings (SSSR count). The summed E-state index contributed by atoms with van der Waals surface area (Å²) >= 11 is 1.16. The van der Waals surface area contributed by atoms with Gasteiger partial charge in [0.25, 0.3) is 0 Å². The maximum atomic E-state index is 14.1. The number of carbonyl (C=O) groups excluding carboxylic acids is 2. The van der Waals surface area contributed by atoms with Crippen LogP contribution in [0.1, 0.15) is 42.1 Å². The van der Waals surface area contributed by atoms with E-state index in [4.69, 9.17) is 4.74 Å². The normalized spacial score (nSPS) is 10.7. The number of nitrogens with one attached hydrogen (secondary N) is 1. The van der Waals surface area contributed by atoms with Gasteiger partial charge in [-0.15, -0.1) is 11.3 Å². The van der Waals surface area contributed by atoms with Gasteiger partial charge in [0, 0.05) is 18.0 Å².